The van der Waals surface area contributed by atoms with Gasteiger partial charge in [-0.2, -0.15) is 13.2 Å². The fourth-order valence-electron chi connectivity index (χ4n) is 2.03. The molecule has 0 saturated carbocycles. The van der Waals surface area contributed by atoms with Crippen LogP contribution in [0.5, 0.6) is 0 Å². The van der Waals surface area contributed by atoms with Gasteiger partial charge in [-0.3, -0.25) is 4.90 Å². The minimum Gasteiger partial charge on any atom is -0.377 e. The first-order valence-electron chi connectivity index (χ1n) is 5.85. The van der Waals surface area contributed by atoms with E-state index in [0.29, 0.717) is 37.4 Å². The van der Waals surface area contributed by atoms with Crippen LogP contribution in [0.15, 0.2) is 30.0 Å². The average molecular weight is 270 g/mol. The third-order valence-electron chi connectivity index (χ3n) is 2.93. The van der Waals surface area contributed by atoms with Crippen LogP contribution >= 0.6 is 0 Å². The minimum absolute atomic E-state index is 0.386. The molecule has 1 fully saturated rings. The van der Waals surface area contributed by atoms with E-state index >= 15 is 0 Å². The Balaban J connectivity index is 2.09. The van der Waals surface area contributed by atoms with Gasteiger partial charge in [0.1, 0.15) is 11.6 Å². The van der Waals surface area contributed by atoms with Gasteiger partial charge in [0, 0.05) is 26.2 Å². The van der Waals surface area contributed by atoms with Crippen LogP contribution in [0.4, 0.5) is 13.2 Å². The van der Waals surface area contributed by atoms with Crippen molar-refractivity contribution in [3.8, 4) is 0 Å². The highest BCUT2D eigenvalue weighted by molar-refractivity contribution is 5.52. The van der Waals surface area contributed by atoms with Gasteiger partial charge in [0.05, 0.1) is 5.56 Å². The van der Waals surface area contributed by atoms with Crippen molar-refractivity contribution in [2.45, 2.75) is 12.7 Å². The zero-order valence-corrected chi connectivity index (χ0v) is 10.1. The molecule has 0 atom stereocenters. The summed E-state index contributed by atoms with van der Waals surface area (Å²) in [6, 6.07) is 5.25. The van der Waals surface area contributed by atoms with Crippen molar-refractivity contribution in [1.29, 1.82) is 0 Å². The topological polar surface area (TPSA) is 32.3 Å². The molecule has 0 bridgehead atoms. The first kappa shape index (κ1) is 13.6. The highest BCUT2D eigenvalue weighted by atomic mass is 19.4. The molecule has 1 aromatic carbocycles. The van der Waals surface area contributed by atoms with Crippen LogP contribution in [0.25, 0.3) is 0 Å². The summed E-state index contributed by atoms with van der Waals surface area (Å²) in [4.78, 5) is 12.5. The number of nitrogens with zero attached hydrogens (tertiary/aromatic N) is 1. The summed E-state index contributed by atoms with van der Waals surface area (Å²) in [5.41, 5.74) is 0.381. The van der Waals surface area contributed by atoms with E-state index < -0.39 is 11.7 Å². The van der Waals surface area contributed by atoms with Crippen LogP contribution in [0.2, 0.25) is 0 Å². The molecule has 0 radical (unpaired) electrons. The number of halogens is 3. The summed E-state index contributed by atoms with van der Waals surface area (Å²) in [7, 11) is 0. The third kappa shape index (κ3) is 3.59. The summed E-state index contributed by atoms with van der Waals surface area (Å²) in [6.45, 7) is 2.06. The molecule has 0 amide bonds. The number of rotatable bonds is 2. The van der Waals surface area contributed by atoms with Crippen LogP contribution in [-0.4, -0.2) is 30.5 Å². The monoisotopic (exact) mass is 270 g/mol. The number of hydrogen-bond acceptors (Lipinski definition) is 3. The zero-order valence-electron chi connectivity index (χ0n) is 10.1. The van der Waals surface area contributed by atoms with Gasteiger partial charge < -0.3 is 5.32 Å². The van der Waals surface area contributed by atoms with E-state index in [1.165, 1.54) is 6.07 Å². The number of piperazine rings is 1. The molecule has 3 nitrogen and oxygen atoms in total. The maximum Gasteiger partial charge on any atom is 0.416 e. The van der Waals surface area contributed by atoms with Gasteiger partial charge in [-0.1, -0.05) is 18.2 Å². The lowest BCUT2D eigenvalue weighted by Crippen LogP contribution is -2.41. The molecule has 1 aromatic rings. The Morgan fingerprint density at radius 2 is 2.16 bits per heavy atom. The van der Waals surface area contributed by atoms with Gasteiger partial charge in [0.25, 0.3) is 0 Å². The van der Waals surface area contributed by atoms with Crippen molar-refractivity contribution in [2.24, 2.45) is 0 Å². The van der Waals surface area contributed by atoms with Gasteiger partial charge in [-0.15, -0.1) is 0 Å². The number of alkyl halides is 3. The lowest BCUT2D eigenvalue weighted by atomic mass is 10.1. The maximum absolute atomic E-state index is 12.6. The Bertz CT molecular complexity index is 507. The molecule has 0 aliphatic carbocycles. The number of hydrogen-bond donors (Lipinski definition) is 1. The summed E-state index contributed by atoms with van der Waals surface area (Å²) >= 11 is 0. The Labute approximate surface area is 108 Å². The van der Waals surface area contributed by atoms with Gasteiger partial charge in [-0.25, -0.2) is 4.79 Å². The predicted molar refractivity (Wildman–Crippen MR) is 63.9 cm³/mol. The van der Waals surface area contributed by atoms with Crippen LogP contribution in [-0.2, 0) is 17.5 Å². The molecule has 0 spiro atoms. The van der Waals surface area contributed by atoms with Crippen molar-refractivity contribution >= 4 is 5.94 Å². The smallest absolute Gasteiger partial charge is 0.377 e. The average Bonchev–Trinajstić information content (AvgIpc) is 2.38. The second-order valence-electron chi connectivity index (χ2n) is 4.42. The molecule has 2 rings (SSSR count). The highest BCUT2D eigenvalue weighted by Crippen LogP contribution is 2.29. The van der Waals surface area contributed by atoms with E-state index in [4.69, 9.17) is 0 Å². The van der Waals surface area contributed by atoms with Crippen LogP contribution in [0.3, 0.4) is 0 Å². The van der Waals surface area contributed by atoms with E-state index in [9.17, 15) is 18.0 Å². The molecule has 19 heavy (non-hydrogen) atoms. The minimum atomic E-state index is -4.33. The van der Waals surface area contributed by atoms with E-state index in [1.54, 1.807) is 12.0 Å². The molecule has 0 unspecified atom stereocenters. The van der Waals surface area contributed by atoms with Crippen molar-refractivity contribution in [3.05, 3.63) is 41.1 Å². The normalized spacial score (nSPS) is 16.9. The quantitative estimate of drug-likeness (QED) is 0.832. The lowest BCUT2D eigenvalue weighted by molar-refractivity contribution is -0.137. The summed E-state index contributed by atoms with van der Waals surface area (Å²) in [5, 5.41) is 2.89. The standard InChI is InChI=1S/C13H13F3N2O/c14-13(15,16)11-3-1-2-10(6-11)7-18-5-4-17-12(8-18)9-19/h1-3,6,17H,4-5,7-8H2. The van der Waals surface area contributed by atoms with E-state index in [-0.39, 0.29) is 0 Å². The fourth-order valence-corrected chi connectivity index (χ4v) is 2.03. The van der Waals surface area contributed by atoms with Crippen LogP contribution < -0.4 is 5.32 Å². The fraction of sp³-hybridized carbons (Fsp3) is 0.385. The SMILES string of the molecule is O=C=C1CN(Cc2cccc(C(F)(F)F)c2)CCN1. The first-order valence-corrected chi connectivity index (χ1v) is 5.85. The number of benzene rings is 1. The predicted octanol–water partition coefficient (Wildman–Crippen LogP) is 1.83. The summed E-state index contributed by atoms with van der Waals surface area (Å²) in [6.07, 6.45) is -4.33. The van der Waals surface area contributed by atoms with Crippen LogP contribution in [0.1, 0.15) is 11.1 Å². The van der Waals surface area contributed by atoms with E-state index in [1.807, 2.05) is 4.90 Å². The molecule has 1 aliphatic rings. The van der Waals surface area contributed by atoms with E-state index in [0.717, 1.165) is 12.1 Å². The molecule has 1 aliphatic heterocycles. The Hall–Kier alpha value is -1.78. The van der Waals surface area contributed by atoms with Crippen molar-refractivity contribution < 1.29 is 18.0 Å². The van der Waals surface area contributed by atoms with Crippen molar-refractivity contribution in [2.75, 3.05) is 19.6 Å². The van der Waals surface area contributed by atoms with Crippen molar-refractivity contribution in [1.82, 2.24) is 10.2 Å². The largest absolute Gasteiger partial charge is 0.416 e. The highest BCUT2D eigenvalue weighted by Gasteiger charge is 2.30. The molecule has 6 heteroatoms. The summed E-state index contributed by atoms with van der Waals surface area (Å²) in [5.74, 6) is 1.79. The zero-order chi connectivity index (χ0) is 13.9. The molecule has 102 valence electrons. The Morgan fingerprint density at radius 3 is 2.84 bits per heavy atom. The molecule has 1 heterocycles. The Kier molecular flexibility index (Phi) is 3.93. The van der Waals surface area contributed by atoms with Crippen LogP contribution in [0, 0.1) is 0 Å². The number of carbonyl (C=O) groups excluding carboxylic acids is 1. The second kappa shape index (κ2) is 5.47. The van der Waals surface area contributed by atoms with Gasteiger partial charge in [0.15, 0.2) is 0 Å². The maximum atomic E-state index is 12.6. The Morgan fingerprint density at radius 1 is 1.37 bits per heavy atom. The molecular weight excluding hydrogens is 257 g/mol. The summed E-state index contributed by atoms with van der Waals surface area (Å²) < 4.78 is 37.8. The molecule has 1 N–H and O–H groups in total. The molecular formula is C13H13F3N2O. The molecule has 1 saturated heterocycles. The molecule has 0 aromatic heterocycles. The van der Waals surface area contributed by atoms with Crippen molar-refractivity contribution in [3.63, 3.8) is 0 Å². The first-order chi connectivity index (χ1) is 8.99. The number of nitrogens with one attached hydrogen (secondary N) is 1. The van der Waals surface area contributed by atoms with Gasteiger partial charge >= 0.3 is 6.18 Å². The van der Waals surface area contributed by atoms with Gasteiger partial charge in [-0.05, 0) is 11.6 Å². The van der Waals surface area contributed by atoms with Gasteiger partial charge in [0.2, 0.25) is 0 Å². The van der Waals surface area contributed by atoms with E-state index in [2.05, 4.69) is 5.32 Å². The third-order valence-corrected chi connectivity index (χ3v) is 2.93. The lowest BCUT2D eigenvalue weighted by Gasteiger charge is -2.28. The second-order valence-corrected chi connectivity index (χ2v) is 4.42.